The van der Waals surface area contributed by atoms with Crippen LogP contribution in [0.3, 0.4) is 0 Å². The van der Waals surface area contributed by atoms with E-state index < -0.39 is 5.97 Å². The van der Waals surface area contributed by atoms with Crippen molar-refractivity contribution >= 4 is 17.6 Å². The fraction of sp³-hybridized carbons (Fsp3) is 0.278. The van der Waals surface area contributed by atoms with Crippen molar-refractivity contribution in [1.82, 2.24) is 0 Å². The minimum absolute atomic E-state index is 0.166. The topological polar surface area (TPSA) is 35.5 Å². The summed E-state index contributed by atoms with van der Waals surface area (Å²) in [4.78, 5) is 11.9. The molecule has 0 amide bonds. The van der Waals surface area contributed by atoms with Gasteiger partial charge in [0.05, 0.1) is 5.02 Å². The lowest BCUT2D eigenvalue weighted by Gasteiger charge is -2.16. The van der Waals surface area contributed by atoms with Crippen LogP contribution >= 0.6 is 11.6 Å². The summed E-state index contributed by atoms with van der Waals surface area (Å²) in [5, 5.41) is 0.476. The van der Waals surface area contributed by atoms with Crippen LogP contribution < -0.4 is 9.47 Å². The number of carbonyl (C=O) groups excluding carboxylic acids is 1. The summed E-state index contributed by atoms with van der Waals surface area (Å²) >= 11 is 5.97. The Morgan fingerprint density at radius 2 is 1.82 bits per heavy atom. The molecular formula is C18H17ClO3. The van der Waals surface area contributed by atoms with Gasteiger partial charge in [-0.05, 0) is 61.1 Å². The average molecular weight is 317 g/mol. The minimum atomic E-state index is -0.435. The molecule has 1 aliphatic rings. The molecule has 0 atom stereocenters. The summed E-state index contributed by atoms with van der Waals surface area (Å²) in [7, 11) is 0. The Kier molecular flexibility index (Phi) is 4.64. The van der Waals surface area contributed by atoms with E-state index in [2.05, 4.69) is 0 Å². The number of fused-ring (bicyclic) bond motifs is 1. The van der Waals surface area contributed by atoms with Crippen LogP contribution in [0, 0.1) is 0 Å². The molecule has 0 bridgehead atoms. The van der Waals surface area contributed by atoms with Gasteiger partial charge in [-0.3, -0.25) is 0 Å². The van der Waals surface area contributed by atoms with Crippen molar-refractivity contribution in [2.45, 2.75) is 25.7 Å². The molecule has 1 aliphatic carbocycles. The van der Waals surface area contributed by atoms with Crippen LogP contribution in [0.15, 0.2) is 42.5 Å². The monoisotopic (exact) mass is 316 g/mol. The van der Waals surface area contributed by atoms with E-state index in [9.17, 15) is 4.79 Å². The number of para-hydroxylation sites is 1. The van der Waals surface area contributed by atoms with Gasteiger partial charge in [0.1, 0.15) is 11.5 Å². The van der Waals surface area contributed by atoms with E-state index in [1.807, 2.05) is 18.2 Å². The zero-order chi connectivity index (χ0) is 15.4. The van der Waals surface area contributed by atoms with Crippen LogP contribution in [-0.2, 0) is 17.6 Å². The van der Waals surface area contributed by atoms with Crippen LogP contribution in [0.2, 0.25) is 5.02 Å². The molecule has 2 aromatic carbocycles. The number of ether oxygens (including phenoxy) is 2. The van der Waals surface area contributed by atoms with Gasteiger partial charge in [0.2, 0.25) is 0 Å². The highest BCUT2D eigenvalue weighted by Gasteiger charge is 2.12. The number of benzene rings is 2. The van der Waals surface area contributed by atoms with Crippen LogP contribution in [0.4, 0.5) is 0 Å². The number of esters is 1. The molecule has 0 saturated carbocycles. The first kappa shape index (κ1) is 14.9. The fourth-order valence-electron chi connectivity index (χ4n) is 2.63. The van der Waals surface area contributed by atoms with Crippen LogP contribution in [0.25, 0.3) is 0 Å². The maximum Gasteiger partial charge on any atom is 0.349 e. The number of halogens is 1. The highest BCUT2D eigenvalue weighted by Crippen LogP contribution is 2.26. The van der Waals surface area contributed by atoms with E-state index in [1.165, 1.54) is 24.0 Å². The maximum absolute atomic E-state index is 11.9. The summed E-state index contributed by atoms with van der Waals surface area (Å²) in [6.07, 6.45) is 4.59. The fourth-order valence-corrected chi connectivity index (χ4v) is 2.82. The van der Waals surface area contributed by atoms with Crippen molar-refractivity contribution in [2.24, 2.45) is 0 Å². The second-order valence-electron chi connectivity index (χ2n) is 5.33. The van der Waals surface area contributed by atoms with Gasteiger partial charge in [-0.25, -0.2) is 4.79 Å². The van der Waals surface area contributed by atoms with Crippen molar-refractivity contribution in [3.8, 4) is 11.5 Å². The van der Waals surface area contributed by atoms with Crippen molar-refractivity contribution in [3.63, 3.8) is 0 Å². The quantitative estimate of drug-likeness (QED) is 0.626. The molecule has 0 radical (unpaired) electrons. The van der Waals surface area contributed by atoms with E-state index in [0.29, 0.717) is 16.5 Å². The van der Waals surface area contributed by atoms with Gasteiger partial charge in [0, 0.05) is 0 Å². The van der Waals surface area contributed by atoms with E-state index >= 15 is 0 Å². The molecule has 3 rings (SSSR count). The summed E-state index contributed by atoms with van der Waals surface area (Å²) in [6, 6.07) is 12.9. The van der Waals surface area contributed by atoms with Gasteiger partial charge >= 0.3 is 5.97 Å². The Morgan fingerprint density at radius 3 is 2.64 bits per heavy atom. The Morgan fingerprint density at radius 1 is 1.05 bits per heavy atom. The molecule has 0 aliphatic heterocycles. The van der Waals surface area contributed by atoms with E-state index in [-0.39, 0.29) is 6.61 Å². The highest BCUT2D eigenvalue weighted by atomic mass is 35.5. The van der Waals surface area contributed by atoms with E-state index in [0.717, 1.165) is 12.8 Å². The lowest BCUT2D eigenvalue weighted by Crippen LogP contribution is -2.18. The summed E-state index contributed by atoms with van der Waals surface area (Å²) < 4.78 is 10.7. The van der Waals surface area contributed by atoms with E-state index in [4.69, 9.17) is 21.1 Å². The first-order valence-corrected chi connectivity index (χ1v) is 7.80. The molecule has 22 heavy (non-hydrogen) atoms. The molecule has 0 spiro atoms. The van der Waals surface area contributed by atoms with Crippen molar-refractivity contribution < 1.29 is 14.3 Å². The summed E-state index contributed by atoms with van der Waals surface area (Å²) in [5.74, 6) is 0.621. The molecule has 0 saturated heterocycles. The Labute approximate surface area is 134 Å². The Balaban J connectivity index is 1.59. The first-order chi connectivity index (χ1) is 10.7. The molecule has 0 N–H and O–H groups in total. The number of hydrogen-bond acceptors (Lipinski definition) is 3. The molecular weight excluding hydrogens is 300 g/mol. The van der Waals surface area contributed by atoms with Gasteiger partial charge in [-0.2, -0.15) is 0 Å². The number of carbonyl (C=O) groups is 1. The first-order valence-electron chi connectivity index (χ1n) is 7.42. The lowest BCUT2D eigenvalue weighted by molar-refractivity contribution is -0.136. The third kappa shape index (κ3) is 3.60. The zero-order valence-corrected chi connectivity index (χ0v) is 12.9. The predicted molar refractivity (Wildman–Crippen MR) is 85.7 cm³/mol. The second kappa shape index (κ2) is 6.84. The number of rotatable bonds is 4. The normalized spacial score (nSPS) is 13.3. The standard InChI is InChI=1S/C18H17ClO3/c19-16-7-3-4-8-17(16)21-12-18(20)22-15-10-9-13-5-1-2-6-14(13)11-15/h3-4,7-11H,1-2,5-6,12H2. The Bertz CT molecular complexity index is 682. The molecule has 3 nitrogen and oxygen atoms in total. The SMILES string of the molecule is O=C(COc1ccccc1Cl)Oc1ccc2c(c1)CCCC2. The van der Waals surface area contributed by atoms with Crippen molar-refractivity contribution in [3.05, 3.63) is 58.6 Å². The Hall–Kier alpha value is -2.00. The van der Waals surface area contributed by atoms with Gasteiger partial charge in [0.15, 0.2) is 6.61 Å². The molecule has 0 fully saturated rings. The third-order valence-electron chi connectivity index (χ3n) is 3.73. The molecule has 0 unspecified atom stereocenters. The smallest absolute Gasteiger partial charge is 0.349 e. The van der Waals surface area contributed by atoms with E-state index in [1.54, 1.807) is 24.3 Å². The zero-order valence-electron chi connectivity index (χ0n) is 12.2. The third-order valence-corrected chi connectivity index (χ3v) is 4.05. The highest BCUT2D eigenvalue weighted by molar-refractivity contribution is 6.32. The molecule has 4 heteroatoms. The molecule has 114 valence electrons. The minimum Gasteiger partial charge on any atom is -0.480 e. The average Bonchev–Trinajstić information content (AvgIpc) is 2.54. The molecule has 0 aromatic heterocycles. The largest absolute Gasteiger partial charge is 0.480 e. The van der Waals surface area contributed by atoms with Crippen LogP contribution in [0.5, 0.6) is 11.5 Å². The van der Waals surface area contributed by atoms with Gasteiger partial charge in [0.25, 0.3) is 0 Å². The lowest BCUT2D eigenvalue weighted by atomic mass is 9.92. The van der Waals surface area contributed by atoms with Crippen LogP contribution in [0.1, 0.15) is 24.0 Å². The molecule has 0 heterocycles. The predicted octanol–water partition coefficient (Wildman–Crippen LogP) is 4.20. The number of aryl methyl sites for hydroxylation is 2. The van der Waals surface area contributed by atoms with Crippen LogP contribution in [-0.4, -0.2) is 12.6 Å². The summed E-state index contributed by atoms with van der Waals surface area (Å²) in [6.45, 7) is -0.166. The van der Waals surface area contributed by atoms with Gasteiger partial charge in [-0.15, -0.1) is 0 Å². The maximum atomic E-state index is 11.9. The van der Waals surface area contributed by atoms with Crippen molar-refractivity contribution in [2.75, 3.05) is 6.61 Å². The number of hydrogen-bond donors (Lipinski definition) is 0. The van der Waals surface area contributed by atoms with Crippen molar-refractivity contribution in [1.29, 1.82) is 0 Å². The summed E-state index contributed by atoms with van der Waals surface area (Å²) in [5.41, 5.74) is 2.64. The van der Waals surface area contributed by atoms with Gasteiger partial charge in [-0.1, -0.05) is 29.8 Å². The van der Waals surface area contributed by atoms with Gasteiger partial charge < -0.3 is 9.47 Å². The molecule has 2 aromatic rings. The second-order valence-corrected chi connectivity index (χ2v) is 5.74.